The van der Waals surface area contributed by atoms with Gasteiger partial charge in [-0.2, -0.15) is 9.40 Å². The van der Waals surface area contributed by atoms with Crippen LogP contribution in [-0.4, -0.2) is 47.1 Å². The molecule has 1 aliphatic rings. The topological polar surface area (TPSA) is 104 Å². The summed E-state index contributed by atoms with van der Waals surface area (Å²) in [6.07, 6.45) is 4.91. The summed E-state index contributed by atoms with van der Waals surface area (Å²) in [6, 6.07) is 6.39. The van der Waals surface area contributed by atoms with Crippen molar-refractivity contribution in [3.8, 4) is 11.6 Å². The van der Waals surface area contributed by atoms with Crippen molar-refractivity contribution in [2.24, 2.45) is 0 Å². The van der Waals surface area contributed by atoms with Crippen LogP contribution in [0.15, 0.2) is 52.1 Å². The number of nitrogens with zero attached hydrogens (tertiary/aromatic N) is 4. The van der Waals surface area contributed by atoms with E-state index in [9.17, 15) is 17.6 Å². The van der Waals surface area contributed by atoms with Crippen LogP contribution >= 0.6 is 15.9 Å². The molecule has 0 radical (unpaired) electrons. The Balaban J connectivity index is 1.56. The molecule has 0 aliphatic heterocycles. The second-order valence-electron chi connectivity index (χ2n) is 7.95. The number of rotatable bonds is 8. The minimum atomic E-state index is -3.91. The van der Waals surface area contributed by atoms with Crippen molar-refractivity contribution < 1.29 is 27.1 Å². The Bertz CT molecular complexity index is 1330. The maximum Gasteiger partial charge on any atom is 0.327 e. The van der Waals surface area contributed by atoms with E-state index in [-0.39, 0.29) is 29.9 Å². The number of pyridine rings is 1. The molecule has 4 rings (SSSR count). The van der Waals surface area contributed by atoms with E-state index in [2.05, 4.69) is 26.0 Å². The van der Waals surface area contributed by atoms with Crippen molar-refractivity contribution in [2.45, 2.75) is 43.7 Å². The molecule has 0 bridgehead atoms. The van der Waals surface area contributed by atoms with Gasteiger partial charge in [-0.1, -0.05) is 0 Å². The number of hydrogen-bond donors (Lipinski definition) is 0. The van der Waals surface area contributed by atoms with Crippen LogP contribution in [0.2, 0.25) is 0 Å². The van der Waals surface area contributed by atoms with Gasteiger partial charge in [-0.3, -0.25) is 9.48 Å². The Morgan fingerprint density at radius 3 is 2.71 bits per heavy atom. The first-order valence-electron chi connectivity index (χ1n) is 11.0. The van der Waals surface area contributed by atoms with Gasteiger partial charge in [0.15, 0.2) is 0 Å². The van der Waals surface area contributed by atoms with Crippen molar-refractivity contribution in [1.82, 2.24) is 19.1 Å². The highest BCUT2D eigenvalue weighted by atomic mass is 79.9. The zero-order valence-electron chi connectivity index (χ0n) is 19.1. The SMILES string of the molecule is CCOC(=O)Cn1ncc2c1CCC[C@H]2N(C)S(=O)(=O)c1cnc(Oc2ccc(F)cc2)c(Br)c1. The molecule has 2 heterocycles. The van der Waals surface area contributed by atoms with E-state index < -0.39 is 21.9 Å². The van der Waals surface area contributed by atoms with E-state index in [0.717, 1.165) is 17.7 Å². The number of sulfonamides is 1. The molecule has 9 nitrogen and oxygen atoms in total. The second-order valence-corrected chi connectivity index (χ2v) is 10.8. The number of fused-ring (bicyclic) bond motifs is 1. The van der Waals surface area contributed by atoms with Crippen LogP contribution in [0.25, 0.3) is 0 Å². The van der Waals surface area contributed by atoms with Crippen LogP contribution in [0.3, 0.4) is 0 Å². The van der Waals surface area contributed by atoms with Crippen molar-refractivity contribution >= 4 is 31.9 Å². The van der Waals surface area contributed by atoms with Gasteiger partial charge in [-0.15, -0.1) is 0 Å². The molecular weight excluding hydrogens is 543 g/mol. The summed E-state index contributed by atoms with van der Waals surface area (Å²) in [7, 11) is -2.39. The van der Waals surface area contributed by atoms with Crippen LogP contribution in [-0.2, 0) is 32.5 Å². The molecule has 12 heteroatoms. The third-order valence-electron chi connectivity index (χ3n) is 5.74. The first-order chi connectivity index (χ1) is 16.7. The quantitative estimate of drug-likeness (QED) is 0.376. The minimum absolute atomic E-state index is 0.00984. The van der Waals surface area contributed by atoms with Crippen LogP contribution in [0.4, 0.5) is 4.39 Å². The first kappa shape index (κ1) is 25.3. The fourth-order valence-electron chi connectivity index (χ4n) is 4.01. The number of carbonyl (C=O) groups excluding carboxylic acids is 1. The molecule has 0 saturated carbocycles. The van der Waals surface area contributed by atoms with E-state index in [1.54, 1.807) is 17.8 Å². The molecule has 3 aromatic rings. The van der Waals surface area contributed by atoms with Crippen LogP contribution in [0.1, 0.15) is 37.1 Å². The average Bonchev–Trinajstić information content (AvgIpc) is 3.24. The molecule has 35 heavy (non-hydrogen) atoms. The Hall–Kier alpha value is -2.83. The Morgan fingerprint density at radius 1 is 1.29 bits per heavy atom. The van der Waals surface area contributed by atoms with Crippen molar-refractivity contribution in [3.05, 3.63) is 64.3 Å². The van der Waals surface area contributed by atoms with E-state index >= 15 is 0 Å². The molecule has 0 amide bonds. The molecule has 0 fully saturated rings. The molecule has 1 aromatic carbocycles. The van der Waals surface area contributed by atoms with Gasteiger partial charge in [0.05, 0.1) is 29.5 Å². The molecule has 0 N–H and O–H groups in total. The highest BCUT2D eigenvalue weighted by Gasteiger charge is 2.35. The highest BCUT2D eigenvalue weighted by molar-refractivity contribution is 9.10. The zero-order valence-corrected chi connectivity index (χ0v) is 21.6. The predicted molar refractivity (Wildman–Crippen MR) is 128 cm³/mol. The molecule has 0 unspecified atom stereocenters. The van der Waals surface area contributed by atoms with Gasteiger partial charge in [0.2, 0.25) is 15.9 Å². The number of ether oxygens (including phenoxy) is 2. The number of benzene rings is 1. The van der Waals surface area contributed by atoms with Gasteiger partial charge in [-0.05, 0) is 72.4 Å². The van der Waals surface area contributed by atoms with E-state index in [1.807, 2.05) is 0 Å². The van der Waals surface area contributed by atoms with Crippen LogP contribution in [0.5, 0.6) is 11.6 Å². The maximum atomic E-state index is 13.5. The van der Waals surface area contributed by atoms with E-state index in [1.165, 1.54) is 47.9 Å². The normalized spacial score (nSPS) is 15.6. The third kappa shape index (κ3) is 5.39. The Morgan fingerprint density at radius 2 is 2.03 bits per heavy atom. The van der Waals surface area contributed by atoms with Gasteiger partial charge in [0, 0.05) is 18.3 Å². The third-order valence-corrected chi connectivity index (χ3v) is 8.14. The number of hydrogen-bond acceptors (Lipinski definition) is 7. The molecule has 0 saturated heterocycles. The van der Waals surface area contributed by atoms with E-state index in [0.29, 0.717) is 23.1 Å². The number of aromatic nitrogens is 3. The summed E-state index contributed by atoms with van der Waals surface area (Å²) in [4.78, 5) is 16.1. The maximum absolute atomic E-state index is 13.5. The second kappa shape index (κ2) is 10.4. The van der Waals surface area contributed by atoms with E-state index in [4.69, 9.17) is 9.47 Å². The van der Waals surface area contributed by atoms with Crippen LogP contribution in [0, 0.1) is 5.82 Å². The fraction of sp³-hybridized carbons (Fsp3) is 0.348. The van der Waals surface area contributed by atoms with Gasteiger partial charge in [0.1, 0.15) is 23.0 Å². The number of esters is 1. The van der Waals surface area contributed by atoms with Crippen molar-refractivity contribution in [2.75, 3.05) is 13.7 Å². The molecule has 0 spiro atoms. The molecule has 186 valence electrons. The number of carbonyl (C=O) groups is 1. The summed E-state index contributed by atoms with van der Waals surface area (Å²) in [5.74, 6) is -0.271. The Kier molecular flexibility index (Phi) is 7.53. The standard InChI is InChI=1S/C23H24BrFN4O5S/c1-3-33-22(30)14-29-21-6-4-5-20(18(21)13-27-29)28(2)35(31,32)17-11-19(24)23(26-12-17)34-16-9-7-15(25)8-10-16/h7-13,20H,3-6,14H2,1-2H3/t20-/m1/s1. The lowest BCUT2D eigenvalue weighted by molar-refractivity contribution is -0.144. The lowest BCUT2D eigenvalue weighted by Crippen LogP contribution is -2.33. The molecule has 2 aromatic heterocycles. The summed E-state index contributed by atoms with van der Waals surface area (Å²) in [6.45, 7) is 2.00. The monoisotopic (exact) mass is 566 g/mol. The summed E-state index contributed by atoms with van der Waals surface area (Å²) in [5, 5.41) is 4.31. The highest BCUT2D eigenvalue weighted by Crippen LogP contribution is 2.37. The van der Waals surface area contributed by atoms with Gasteiger partial charge in [-0.25, -0.2) is 17.8 Å². The molecule has 1 aliphatic carbocycles. The summed E-state index contributed by atoms with van der Waals surface area (Å²) in [5.41, 5.74) is 1.61. The minimum Gasteiger partial charge on any atom is -0.465 e. The van der Waals surface area contributed by atoms with Gasteiger partial charge in [0.25, 0.3) is 0 Å². The van der Waals surface area contributed by atoms with Crippen LogP contribution < -0.4 is 4.74 Å². The smallest absolute Gasteiger partial charge is 0.327 e. The zero-order chi connectivity index (χ0) is 25.2. The molecular formula is C23H24BrFN4O5S. The molecule has 1 atom stereocenters. The van der Waals surface area contributed by atoms with Gasteiger partial charge < -0.3 is 9.47 Å². The van der Waals surface area contributed by atoms with Crippen molar-refractivity contribution in [3.63, 3.8) is 0 Å². The average molecular weight is 567 g/mol. The lowest BCUT2D eigenvalue weighted by Gasteiger charge is -2.30. The van der Waals surface area contributed by atoms with Crippen molar-refractivity contribution in [1.29, 1.82) is 0 Å². The Labute approximate surface area is 211 Å². The largest absolute Gasteiger partial charge is 0.465 e. The predicted octanol–water partition coefficient (Wildman–Crippen LogP) is 4.23. The number of halogens is 2. The first-order valence-corrected chi connectivity index (χ1v) is 13.2. The summed E-state index contributed by atoms with van der Waals surface area (Å²) >= 11 is 3.32. The van der Waals surface area contributed by atoms with Gasteiger partial charge >= 0.3 is 5.97 Å². The summed E-state index contributed by atoms with van der Waals surface area (Å²) < 4.78 is 53.9. The lowest BCUT2D eigenvalue weighted by atomic mass is 9.93. The fourth-order valence-corrected chi connectivity index (χ4v) is 5.93.